The molecule has 0 unspecified atom stereocenters. The Labute approximate surface area is 147 Å². The van der Waals surface area contributed by atoms with E-state index < -0.39 is 0 Å². The summed E-state index contributed by atoms with van der Waals surface area (Å²) in [6.07, 6.45) is 4.93. The summed E-state index contributed by atoms with van der Waals surface area (Å²) in [5.41, 5.74) is 2.77. The highest BCUT2D eigenvalue weighted by Gasteiger charge is 2.29. The van der Waals surface area contributed by atoms with Gasteiger partial charge in [-0.25, -0.2) is 4.79 Å². The molecule has 0 spiro atoms. The van der Waals surface area contributed by atoms with Crippen LogP contribution < -0.4 is 5.32 Å². The van der Waals surface area contributed by atoms with Gasteiger partial charge in [0.2, 0.25) is 5.89 Å². The van der Waals surface area contributed by atoms with Crippen LogP contribution in [0.2, 0.25) is 0 Å². The summed E-state index contributed by atoms with van der Waals surface area (Å²) in [4.78, 5) is 18.9. The third-order valence-corrected chi connectivity index (χ3v) is 5.29. The minimum absolute atomic E-state index is 0.0364. The van der Waals surface area contributed by atoms with Crippen molar-refractivity contribution in [3.8, 4) is 0 Å². The summed E-state index contributed by atoms with van der Waals surface area (Å²) in [5, 5.41) is 7.26. The van der Waals surface area contributed by atoms with Crippen molar-refractivity contribution in [3.63, 3.8) is 0 Å². The molecular weight excluding hydrogens is 316 g/mol. The van der Waals surface area contributed by atoms with Crippen LogP contribution in [-0.2, 0) is 12.8 Å². The highest BCUT2D eigenvalue weighted by atomic mass is 16.5. The molecule has 1 N–H and O–H groups in total. The van der Waals surface area contributed by atoms with E-state index in [1.165, 1.54) is 11.1 Å². The number of urea groups is 1. The summed E-state index contributed by atoms with van der Waals surface area (Å²) >= 11 is 0. The molecule has 1 aromatic heterocycles. The number of carbonyl (C=O) groups excluding carboxylic acids is 1. The molecule has 0 radical (unpaired) electrons. The van der Waals surface area contributed by atoms with E-state index in [1.807, 2.05) is 4.90 Å². The molecule has 2 atom stereocenters. The zero-order valence-electron chi connectivity index (χ0n) is 14.6. The van der Waals surface area contributed by atoms with Gasteiger partial charge in [0.25, 0.3) is 0 Å². The van der Waals surface area contributed by atoms with Gasteiger partial charge < -0.3 is 14.7 Å². The number of aryl methyl sites for hydroxylation is 2. The van der Waals surface area contributed by atoms with Crippen LogP contribution >= 0.6 is 0 Å². The molecule has 6 nitrogen and oxygen atoms in total. The Morgan fingerprint density at radius 3 is 2.92 bits per heavy atom. The Bertz CT molecular complexity index is 757. The minimum atomic E-state index is 0.0364. The van der Waals surface area contributed by atoms with Crippen molar-refractivity contribution >= 4 is 6.03 Å². The maximum absolute atomic E-state index is 12.7. The molecule has 25 heavy (non-hydrogen) atoms. The average molecular weight is 340 g/mol. The number of nitrogens with one attached hydrogen (secondary N) is 1. The van der Waals surface area contributed by atoms with Crippen LogP contribution in [0.15, 0.2) is 28.8 Å². The van der Waals surface area contributed by atoms with Gasteiger partial charge in [0.15, 0.2) is 5.82 Å². The molecule has 6 heteroatoms. The molecule has 4 rings (SSSR count). The molecular formula is C19H24N4O2. The van der Waals surface area contributed by atoms with Crippen LogP contribution in [0.25, 0.3) is 0 Å². The van der Waals surface area contributed by atoms with Gasteiger partial charge in [0, 0.05) is 32.0 Å². The Morgan fingerprint density at radius 2 is 2.12 bits per heavy atom. The predicted molar refractivity (Wildman–Crippen MR) is 93.4 cm³/mol. The minimum Gasteiger partial charge on any atom is -0.340 e. The highest BCUT2D eigenvalue weighted by molar-refractivity contribution is 5.74. The zero-order chi connectivity index (χ0) is 17.2. The predicted octanol–water partition coefficient (Wildman–Crippen LogP) is 2.82. The van der Waals surface area contributed by atoms with E-state index in [-0.39, 0.29) is 18.0 Å². The molecule has 0 saturated carbocycles. The number of likely N-dealkylation sites (tertiary alicyclic amines) is 1. The van der Waals surface area contributed by atoms with Crippen molar-refractivity contribution in [1.29, 1.82) is 0 Å². The second-order valence-electron chi connectivity index (χ2n) is 7.11. The average Bonchev–Trinajstić information content (AvgIpc) is 3.08. The smallest absolute Gasteiger partial charge is 0.317 e. The van der Waals surface area contributed by atoms with E-state index in [2.05, 4.69) is 39.7 Å². The first-order valence-electron chi connectivity index (χ1n) is 9.11. The molecule has 1 aliphatic heterocycles. The highest BCUT2D eigenvalue weighted by Crippen LogP contribution is 2.25. The third-order valence-electron chi connectivity index (χ3n) is 5.29. The van der Waals surface area contributed by atoms with Crippen molar-refractivity contribution in [2.24, 2.45) is 0 Å². The lowest BCUT2D eigenvalue weighted by Gasteiger charge is -2.33. The molecule has 2 amide bonds. The summed E-state index contributed by atoms with van der Waals surface area (Å²) in [6.45, 7) is 3.25. The second kappa shape index (κ2) is 6.86. The standard InChI is InChI=1S/C19H24N4O2/c1-13-20-18(22-25-13)16-7-4-10-23(12-16)19(24)21-17-9-8-14-5-2-3-6-15(14)11-17/h2-3,5-6,16-17H,4,7-12H2,1H3,(H,21,24)/t16-,17+/m1/s1. The van der Waals surface area contributed by atoms with Crippen molar-refractivity contribution in [1.82, 2.24) is 20.4 Å². The largest absolute Gasteiger partial charge is 0.340 e. The SMILES string of the molecule is Cc1nc([C@@H]2CCCN(C(=O)N[C@H]3CCc4ccccc4C3)C2)no1. The van der Waals surface area contributed by atoms with Crippen LogP contribution in [0.1, 0.15) is 48.0 Å². The number of fused-ring (bicyclic) bond motifs is 1. The summed E-state index contributed by atoms with van der Waals surface area (Å²) < 4.78 is 5.09. The maximum Gasteiger partial charge on any atom is 0.317 e. The lowest BCUT2D eigenvalue weighted by atomic mass is 9.88. The number of benzene rings is 1. The summed E-state index contributed by atoms with van der Waals surface area (Å²) in [6, 6.07) is 8.78. The molecule has 1 aliphatic carbocycles. The Balaban J connectivity index is 1.36. The molecule has 2 heterocycles. The van der Waals surface area contributed by atoms with Gasteiger partial charge in [-0.15, -0.1) is 0 Å². The fourth-order valence-corrected chi connectivity index (χ4v) is 3.94. The van der Waals surface area contributed by atoms with Crippen LogP contribution in [0.4, 0.5) is 4.79 Å². The first-order valence-corrected chi connectivity index (χ1v) is 9.11. The summed E-state index contributed by atoms with van der Waals surface area (Å²) in [7, 11) is 0. The second-order valence-corrected chi connectivity index (χ2v) is 7.11. The monoisotopic (exact) mass is 340 g/mol. The third kappa shape index (κ3) is 3.52. The summed E-state index contributed by atoms with van der Waals surface area (Å²) in [5.74, 6) is 1.48. The van der Waals surface area contributed by atoms with Gasteiger partial charge in [0.05, 0.1) is 0 Å². The van der Waals surface area contributed by atoms with E-state index in [9.17, 15) is 4.79 Å². The molecule has 2 aliphatic rings. The molecule has 1 saturated heterocycles. The number of hydrogen-bond donors (Lipinski definition) is 1. The molecule has 0 bridgehead atoms. The van der Waals surface area contributed by atoms with Gasteiger partial charge in [0.1, 0.15) is 0 Å². The van der Waals surface area contributed by atoms with Crippen molar-refractivity contribution in [2.45, 2.75) is 51.0 Å². The molecule has 132 valence electrons. The van der Waals surface area contributed by atoms with Crippen LogP contribution in [-0.4, -0.2) is 40.2 Å². The molecule has 2 aromatic rings. The number of aromatic nitrogens is 2. The fraction of sp³-hybridized carbons (Fsp3) is 0.526. The number of piperidine rings is 1. The van der Waals surface area contributed by atoms with Crippen molar-refractivity contribution < 1.29 is 9.32 Å². The van der Waals surface area contributed by atoms with Gasteiger partial charge in [-0.05, 0) is 43.2 Å². The van der Waals surface area contributed by atoms with E-state index in [1.54, 1.807) is 6.92 Å². The number of carbonyl (C=O) groups is 1. The normalized spacial score (nSPS) is 23.2. The van der Waals surface area contributed by atoms with Gasteiger partial charge >= 0.3 is 6.03 Å². The molecule has 1 fully saturated rings. The zero-order valence-corrected chi connectivity index (χ0v) is 14.6. The Hall–Kier alpha value is -2.37. The lowest BCUT2D eigenvalue weighted by molar-refractivity contribution is 0.173. The van der Waals surface area contributed by atoms with E-state index >= 15 is 0 Å². The van der Waals surface area contributed by atoms with E-state index in [4.69, 9.17) is 4.52 Å². The molecule has 1 aromatic carbocycles. The van der Waals surface area contributed by atoms with Crippen LogP contribution in [0.5, 0.6) is 0 Å². The van der Waals surface area contributed by atoms with E-state index in [0.717, 1.165) is 44.5 Å². The number of nitrogens with zero attached hydrogens (tertiary/aromatic N) is 3. The van der Waals surface area contributed by atoms with Gasteiger partial charge in [-0.1, -0.05) is 29.4 Å². The van der Waals surface area contributed by atoms with E-state index in [0.29, 0.717) is 12.4 Å². The quantitative estimate of drug-likeness (QED) is 0.912. The number of rotatable bonds is 2. The Morgan fingerprint density at radius 1 is 1.28 bits per heavy atom. The van der Waals surface area contributed by atoms with Crippen LogP contribution in [0.3, 0.4) is 0 Å². The number of hydrogen-bond acceptors (Lipinski definition) is 4. The fourth-order valence-electron chi connectivity index (χ4n) is 3.94. The first-order chi connectivity index (χ1) is 12.2. The van der Waals surface area contributed by atoms with Crippen molar-refractivity contribution in [3.05, 3.63) is 47.1 Å². The van der Waals surface area contributed by atoms with Crippen LogP contribution in [0, 0.1) is 6.92 Å². The van der Waals surface area contributed by atoms with Gasteiger partial charge in [-0.2, -0.15) is 4.98 Å². The first kappa shape index (κ1) is 16.1. The van der Waals surface area contributed by atoms with Crippen molar-refractivity contribution in [2.75, 3.05) is 13.1 Å². The Kier molecular flexibility index (Phi) is 4.42. The number of amides is 2. The topological polar surface area (TPSA) is 71.3 Å². The maximum atomic E-state index is 12.7. The lowest BCUT2D eigenvalue weighted by Crippen LogP contribution is -2.49. The van der Waals surface area contributed by atoms with Gasteiger partial charge in [-0.3, -0.25) is 0 Å².